The number of hydrogen-bond acceptors (Lipinski definition) is 2. The topological polar surface area (TPSA) is 6.48 Å². The molecule has 0 bridgehead atoms. The number of benzene rings is 1. The summed E-state index contributed by atoms with van der Waals surface area (Å²) in [5.74, 6) is 0. The molecular formula is C32H56N2. The second-order valence-electron chi connectivity index (χ2n) is 10.6. The Kier molecular flexibility index (Phi) is 16.8. The van der Waals surface area contributed by atoms with Gasteiger partial charge >= 0.3 is 0 Å². The molecule has 0 saturated heterocycles. The minimum absolute atomic E-state index is 0.505. The van der Waals surface area contributed by atoms with Crippen molar-refractivity contribution in [3.8, 4) is 0 Å². The first kappa shape index (κ1) is 28.8. The van der Waals surface area contributed by atoms with Crippen molar-refractivity contribution in [1.82, 2.24) is 4.90 Å². The maximum Gasteiger partial charge on any atom is 0.105 e. The third-order valence-electron chi connectivity index (χ3n) is 7.51. The predicted molar refractivity (Wildman–Crippen MR) is 152 cm³/mol. The average Bonchev–Trinajstić information content (AvgIpc) is 3.27. The van der Waals surface area contributed by atoms with Crippen LogP contribution in [0.15, 0.2) is 42.7 Å². The lowest BCUT2D eigenvalue weighted by atomic mass is 10.0. The fourth-order valence-corrected chi connectivity index (χ4v) is 5.32. The Bertz CT molecular complexity index is 596. The monoisotopic (exact) mass is 468 g/mol. The van der Waals surface area contributed by atoms with Crippen molar-refractivity contribution in [1.29, 1.82) is 0 Å². The van der Waals surface area contributed by atoms with E-state index in [-0.39, 0.29) is 0 Å². The first-order chi connectivity index (χ1) is 16.9. The molecule has 0 amide bonds. The summed E-state index contributed by atoms with van der Waals surface area (Å²) in [5, 5.41) is 0. The lowest BCUT2D eigenvalue weighted by Crippen LogP contribution is -2.39. The van der Waals surface area contributed by atoms with Gasteiger partial charge in [-0.25, -0.2) is 0 Å². The van der Waals surface area contributed by atoms with Gasteiger partial charge in [-0.15, -0.1) is 0 Å². The second-order valence-corrected chi connectivity index (χ2v) is 10.6. The highest BCUT2D eigenvalue weighted by atomic mass is 15.4. The van der Waals surface area contributed by atoms with Gasteiger partial charge in [-0.2, -0.15) is 0 Å². The van der Waals surface area contributed by atoms with E-state index in [9.17, 15) is 0 Å². The van der Waals surface area contributed by atoms with Crippen molar-refractivity contribution in [3.05, 3.63) is 42.7 Å². The van der Waals surface area contributed by atoms with E-state index in [0.717, 1.165) is 0 Å². The second kappa shape index (κ2) is 19.8. The van der Waals surface area contributed by atoms with Crippen LogP contribution in [0.4, 0.5) is 5.69 Å². The molecule has 0 radical (unpaired) electrons. The van der Waals surface area contributed by atoms with Crippen molar-refractivity contribution in [2.24, 2.45) is 0 Å². The SMILES string of the molecule is CCCCCCCCCCCCCCCCCCN1C=CN(c2ccccc2)C1CCCCC. The van der Waals surface area contributed by atoms with Crippen LogP contribution in [0.3, 0.4) is 0 Å². The molecule has 1 atom stereocenters. The molecule has 0 N–H and O–H groups in total. The van der Waals surface area contributed by atoms with Crippen molar-refractivity contribution < 1.29 is 0 Å². The normalized spacial score (nSPS) is 15.5. The Labute approximate surface area is 213 Å². The molecule has 1 aliphatic heterocycles. The van der Waals surface area contributed by atoms with Crippen LogP contribution in [0.2, 0.25) is 0 Å². The highest BCUT2D eigenvalue weighted by Gasteiger charge is 2.26. The van der Waals surface area contributed by atoms with Gasteiger partial charge in [0.05, 0.1) is 0 Å². The molecule has 34 heavy (non-hydrogen) atoms. The molecule has 0 fully saturated rings. The lowest BCUT2D eigenvalue weighted by molar-refractivity contribution is 0.273. The van der Waals surface area contributed by atoms with E-state index in [1.54, 1.807) is 0 Å². The van der Waals surface area contributed by atoms with Crippen LogP contribution in [0.1, 0.15) is 142 Å². The highest BCUT2D eigenvalue weighted by Crippen LogP contribution is 2.28. The van der Waals surface area contributed by atoms with Crippen LogP contribution in [0.25, 0.3) is 0 Å². The quantitative estimate of drug-likeness (QED) is 0.156. The average molecular weight is 469 g/mol. The van der Waals surface area contributed by atoms with Gasteiger partial charge < -0.3 is 9.80 Å². The van der Waals surface area contributed by atoms with Gasteiger partial charge in [0, 0.05) is 24.6 Å². The lowest BCUT2D eigenvalue weighted by Gasteiger charge is -2.33. The molecule has 2 heteroatoms. The van der Waals surface area contributed by atoms with Gasteiger partial charge in [0.15, 0.2) is 0 Å². The fourth-order valence-electron chi connectivity index (χ4n) is 5.32. The fraction of sp³-hybridized carbons (Fsp3) is 0.750. The van der Waals surface area contributed by atoms with E-state index in [1.165, 1.54) is 141 Å². The number of para-hydroxylation sites is 1. The zero-order valence-electron chi connectivity index (χ0n) is 22.9. The van der Waals surface area contributed by atoms with E-state index in [2.05, 4.69) is 66.4 Å². The molecule has 0 spiro atoms. The van der Waals surface area contributed by atoms with Crippen molar-refractivity contribution in [3.63, 3.8) is 0 Å². The summed E-state index contributed by atoms with van der Waals surface area (Å²) in [6.07, 6.45) is 33.4. The minimum atomic E-state index is 0.505. The van der Waals surface area contributed by atoms with Crippen molar-refractivity contribution in [2.45, 2.75) is 148 Å². The Morgan fingerprint density at radius 1 is 0.529 bits per heavy atom. The van der Waals surface area contributed by atoms with Crippen molar-refractivity contribution >= 4 is 5.69 Å². The Morgan fingerprint density at radius 2 is 1.00 bits per heavy atom. The van der Waals surface area contributed by atoms with Gasteiger partial charge in [-0.3, -0.25) is 0 Å². The van der Waals surface area contributed by atoms with E-state index in [0.29, 0.717) is 6.17 Å². The maximum atomic E-state index is 2.60. The third-order valence-corrected chi connectivity index (χ3v) is 7.51. The van der Waals surface area contributed by atoms with Gasteiger partial charge in [0.25, 0.3) is 0 Å². The highest BCUT2D eigenvalue weighted by molar-refractivity contribution is 5.51. The number of hydrogen-bond donors (Lipinski definition) is 0. The molecule has 1 aromatic rings. The van der Waals surface area contributed by atoms with E-state index in [1.807, 2.05) is 0 Å². The first-order valence-electron chi connectivity index (χ1n) is 15.1. The molecule has 1 heterocycles. The summed E-state index contributed by atoms with van der Waals surface area (Å²) in [4.78, 5) is 5.09. The molecule has 1 unspecified atom stereocenters. The summed E-state index contributed by atoms with van der Waals surface area (Å²) in [7, 11) is 0. The Balaban J connectivity index is 1.48. The van der Waals surface area contributed by atoms with Crippen LogP contribution in [-0.4, -0.2) is 17.6 Å². The number of nitrogens with zero attached hydrogens (tertiary/aromatic N) is 2. The summed E-state index contributed by atoms with van der Waals surface area (Å²) >= 11 is 0. The van der Waals surface area contributed by atoms with Crippen molar-refractivity contribution in [2.75, 3.05) is 11.4 Å². The van der Waals surface area contributed by atoms with Crippen LogP contribution in [-0.2, 0) is 0 Å². The minimum Gasteiger partial charge on any atom is -0.356 e. The number of unbranched alkanes of at least 4 members (excludes halogenated alkanes) is 17. The van der Waals surface area contributed by atoms with Crippen LogP contribution < -0.4 is 4.90 Å². The molecular weight excluding hydrogens is 412 g/mol. The molecule has 0 aliphatic carbocycles. The zero-order valence-corrected chi connectivity index (χ0v) is 22.9. The third kappa shape index (κ3) is 12.3. The molecule has 2 nitrogen and oxygen atoms in total. The van der Waals surface area contributed by atoms with E-state index in [4.69, 9.17) is 0 Å². The molecule has 2 rings (SSSR count). The van der Waals surface area contributed by atoms with Gasteiger partial charge in [0.2, 0.25) is 0 Å². The molecule has 1 aliphatic rings. The maximum absolute atomic E-state index is 2.60. The molecule has 1 aromatic carbocycles. The zero-order chi connectivity index (χ0) is 24.1. The number of anilines is 1. The van der Waals surface area contributed by atoms with Gasteiger partial charge in [-0.1, -0.05) is 141 Å². The van der Waals surface area contributed by atoms with Crippen LogP contribution >= 0.6 is 0 Å². The van der Waals surface area contributed by atoms with Gasteiger partial charge in [-0.05, 0) is 31.4 Å². The predicted octanol–water partition coefficient (Wildman–Crippen LogP) is 10.4. The standard InChI is InChI=1S/C32H56N2/c1-3-5-7-8-9-10-11-12-13-14-15-16-17-18-19-24-28-33-29-30-34(31-25-22-20-23-26-31)32(33)27-21-6-4-2/h20,22-23,25-26,29-30,32H,3-19,21,24,27-28H2,1-2H3. The summed E-state index contributed by atoms with van der Waals surface area (Å²) < 4.78 is 0. The van der Waals surface area contributed by atoms with E-state index >= 15 is 0 Å². The number of rotatable bonds is 22. The molecule has 0 aromatic heterocycles. The van der Waals surface area contributed by atoms with Crippen LogP contribution in [0, 0.1) is 0 Å². The van der Waals surface area contributed by atoms with E-state index < -0.39 is 0 Å². The molecule has 194 valence electrons. The molecule has 0 saturated carbocycles. The van der Waals surface area contributed by atoms with Gasteiger partial charge in [0.1, 0.15) is 6.17 Å². The smallest absolute Gasteiger partial charge is 0.105 e. The first-order valence-corrected chi connectivity index (χ1v) is 15.1. The largest absolute Gasteiger partial charge is 0.356 e. The summed E-state index contributed by atoms with van der Waals surface area (Å²) in [6, 6.07) is 10.9. The summed E-state index contributed by atoms with van der Waals surface area (Å²) in [6.45, 7) is 5.81. The Hall–Kier alpha value is -1.44. The van der Waals surface area contributed by atoms with Crippen LogP contribution in [0.5, 0.6) is 0 Å². The summed E-state index contributed by atoms with van der Waals surface area (Å²) in [5.41, 5.74) is 1.33. The Morgan fingerprint density at radius 3 is 1.53 bits per heavy atom.